The monoisotopic (exact) mass is 205 g/mol. The second-order valence-corrected chi connectivity index (χ2v) is 4.40. The van der Waals surface area contributed by atoms with Crippen LogP contribution in [0.2, 0.25) is 0 Å². The first-order chi connectivity index (χ1) is 5.77. The van der Waals surface area contributed by atoms with Crippen molar-refractivity contribution >= 4 is 28.6 Å². The highest BCUT2D eigenvalue weighted by Gasteiger charge is 1.95. The molecule has 70 valence electrons. The van der Waals surface area contributed by atoms with Gasteiger partial charge >= 0.3 is 0 Å². The molecule has 12 heavy (non-hydrogen) atoms. The maximum Gasteiger partial charge on any atom is 0.105 e. The van der Waals surface area contributed by atoms with E-state index in [1.165, 1.54) is 0 Å². The van der Waals surface area contributed by atoms with Crippen LogP contribution in [0, 0.1) is 0 Å². The summed E-state index contributed by atoms with van der Waals surface area (Å²) < 4.78 is 10.6. The molecule has 0 spiro atoms. The average molecular weight is 205 g/mol. The van der Waals surface area contributed by atoms with Gasteiger partial charge in [-0.05, 0) is 31.5 Å². The molecular weight excluding hydrogens is 190 g/mol. The lowest BCUT2D eigenvalue weighted by Gasteiger charge is -2.03. The Bertz CT molecular complexity index is 144. The molecular formula is C8H15NOS2. The maximum atomic E-state index is 10.6. The highest BCUT2D eigenvalue weighted by molar-refractivity contribution is 7.90. The molecule has 0 bridgehead atoms. The van der Waals surface area contributed by atoms with E-state index >= 15 is 0 Å². The fourth-order valence-corrected chi connectivity index (χ4v) is 1.60. The second-order valence-electron chi connectivity index (χ2n) is 2.66. The summed E-state index contributed by atoms with van der Waals surface area (Å²) in [4.78, 5) is 3.81. The lowest BCUT2D eigenvalue weighted by atomic mass is 10.2. The molecule has 0 saturated carbocycles. The van der Waals surface area contributed by atoms with Crippen LogP contribution < -0.4 is 0 Å². The third-order valence-electron chi connectivity index (χ3n) is 1.52. The van der Waals surface area contributed by atoms with E-state index in [1.54, 1.807) is 6.26 Å². The topological polar surface area (TPSA) is 35.4 Å². The molecule has 0 N–H and O–H groups in total. The molecule has 0 unspecified atom stereocenters. The molecule has 0 aliphatic heterocycles. The molecule has 0 heterocycles. The third kappa shape index (κ3) is 10.1. The second kappa shape index (κ2) is 9.20. The molecule has 2 nitrogen and oxygen atoms in total. The third-order valence-corrected chi connectivity index (χ3v) is 2.51. The van der Waals surface area contributed by atoms with Crippen LogP contribution in [0.1, 0.15) is 25.7 Å². The fraction of sp³-hybridized carbons (Fsp3) is 0.875. The smallest absolute Gasteiger partial charge is 0.105 e. The van der Waals surface area contributed by atoms with Gasteiger partial charge in [0, 0.05) is 6.54 Å². The van der Waals surface area contributed by atoms with Gasteiger partial charge in [-0.3, -0.25) is 0 Å². The van der Waals surface area contributed by atoms with Crippen molar-refractivity contribution in [3.8, 4) is 0 Å². The normalized spacial score (nSPS) is 12.2. The summed E-state index contributed by atoms with van der Waals surface area (Å²) in [6.07, 6.45) is 6.17. The minimum atomic E-state index is -0.627. The number of unbranched alkanes of at least 4 members (excludes halogenated alkanes) is 3. The average Bonchev–Trinajstić information content (AvgIpc) is 2.02. The number of nitrogens with zero attached hydrogens (tertiary/aromatic N) is 1. The van der Waals surface area contributed by atoms with Gasteiger partial charge in [0.15, 0.2) is 0 Å². The Kier molecular flexibility index (Phi) is 9.28. The molecule has 0 aromatic rings. The summed E-state index contributed by atoms with van der Waals surface area (Å²) in [5, 5.41) is 2.34. The molecule has 0 amide bonds. The highest BCUT2D eigenvalue weighted by Crippen LogP contribution is 2.01. The molecule has 4 heteroatoms. The summed E-state index contributed by atoms with van der Waals surface area (Å²) in [6, 6.07) is 0. The zero-order chi connectivity index (χ0) is 9.23. The zero-order valence-corrected chi connectivity index (χ0v) is 9.05. The van der Waals surface area contributed by atoms with E-state index in [1.807, 2.05) is 0 Å². The van der Waals surface area contributed by atoms with E-state index in [2.05, 4.69) is 22.4 Å². The quantitative estimate of drug-likeness (QED) is 0.276. The Morgan fingerprint density at radius 1 is 1.33 bits per heavy atom. The molecule has 0 aliphatic rings. The summed E-state index contributed by atoms with van der Waals surface area (Å²) in [6.45, 7) is 0.790. The van der Waals surface area contributed by atoms with E-state index in [4.69, 9.17) is 0 Å². The van der Waals surface area contributed by atoms with E-state index in [0.29, 0.717) is 0 Å². The Morgan fingerprint density at radius 3 is 2.58 bits per heavy atom. The Morgan fingerprint density at radius 2 is 2.00 bits per heavy atom. The molecule has 0 aromatic heterocycles. The first kappa shape index (κ1) is 12.1. The van der Waals surface area contributed by atoms with Gasteiger partial charge in [0.05, 0.1) is 11.4 Å². The van der Waals surface area contributed by atoms with Gasteiger partial charge in [-0.1, -0.05) is 17.6 Å². The van der Waals surface area contributed by atoms with Crippen molar-refractivity contribution in [3.63, 3.8) is 0 Å². The first-order valence-corrected chi connectivity index (χ1v) is 6.24. The first-order valence-electron chi connectivity index (χ1n) is 4.11. The van der Waals surface area contributed by atoms with Gasteiger partial charge < -0.3 is 4.55 Å². The minimum Gasteiger partial charge on any atom is -0.617 e. The summed E-state index contributed by atoms with van der Waals surface area (Å²) >= 11 is 3.80. The van der Waals surface area contributed by atoms with Crippen molar-refractivity contribution in [1.29, 1.82) is 0 Å². The van der Waals surface area contributed by atoms with E-state index in [0.717, 1.165) is 38.0 Å². The van der Waals surface area contributed by atoms with Crippen LogP contribution in [-0.4, -0.2) is 28.3 Å². The van der Waals surface area contributed by atoms with E-state index in [9.17, 15) is 4.55 Å². The van der Waals surface area contributed by atoms with Crippen molar-refractivity contribution in [2.45, 2.75) is 25.7 Å². The molecule has 0 aromatic carbocycles. The molecule has 0 rings (SSSR count). The minimum absolute atomic E-state index is 0.627. The fourth-order valence-electron chi connectivity index (χ4n) is 0.895. The van der Waals surface area contributed by atoms with Crippen molar-refractivity contribution in [2.75, 3.05) is 18.6 Å². The number of isothiocyanates is 1. The van der Waals surface area contributed by atoms with Crippen LogP contribution in [0.4, 0.5) is 0 Å². The van der Waals surface area contributed by atoms with Crippen molar-refractivity contribution < 1.29 is 4.55 Å². The van der Waals surface area contributed by atoms with Crippen molar-refractivity contribution in [2.24, 2.45) is 4.99 Å². The van der Waals surface area contributed by atoms with Crippen molar-refractivity contribution in [1.82, 2.24) is 0 Å². The predicted molar refractivity (Wildman–Crippen MR) is 57.3 cm³/mol. The van der Waals surface area contributed by atoms with E-state index in [-0.39, 0.29) is 0 Å². The number of hydrogen-bond acceptors (Lipinski definition) is 3. The summed E-state index contributed by atoms with van der Waals surface area (Å²) in [5.74, 6) is 0.830. The van der Waals surface area contributed by atoms with Crippen LogP contribution >= 0.6 is 12.2 Å². The van der Waals surface area contributed by atoms with Gasteiger partial charge in [0.25, 0.3) is 0 Å². The number of rotatable bonds is 7. The van der Waals surface area contributed by atoms with Gasteiger partial charge in [-0.15, -0.1) is 0 Å². The van der Waals surface area contributed by atoms with Gasteiger partial charge in [-0.2, -0.15) is 0 Å². The standard InChI is InChI=1S/C8H15NOS2/c1-12(10)7-5-3-2-4-6-9-8-11/h2-7H2,1H3/t12-/m1/s1. The van der Waals surface area contributed by atoms with Gasteiger partial charge in [0.1, 0.15) is 5.75 Å². The van der Waals surface area contributed by atoms with Crippen LogP contribution in [0.15, 0.2) is 4.99 Å². The zero-order valence-electron chi connectivity index (χ0n) is 7.41. The predicted octanol–water partition coefficient (Wildman–Crippen LogP) is 2.03. The summed E-state index contributed by atoms with van der Waals surface area (Å²) in [7, 11) is 0. The Hall–Kier alpha value is 0.110. The Labute approximate surface area is 82.6 Å². The number of thiocarbonyl (C=S) groups is 1. The lowest BCUT2D eigenvalue weighted by molar-refractivity contribution is 0.592. The summed E-state index contributed by atoms with van der Waals surface area (Å²) in [5.41, 5.74) is 0. The largest absolute Gasteiger partial charge is 0.617 e. The SMILES string of the molecule is C[S@@+]([O-])CCCCCCN=C=S. The van der Waals surface area contributed by atoms with Crippen LogP contribution in [-0.2, 0) is 11.2 Å². The van der Waals surface area contributed by atoms with Crippen molar-refractivity contribution in [3.05, 3.63) is 0 Å². The van der Waals surface area contributed by atoms with E-state index < -0.39 is 11.2 Å². The number of hydrogen-bond donors (Lipinski definition) is 0. The van der Waals surface area contributed by atoms with Gasteiger partial charge in [0.2, 0.25) is 0 Å². The maximum absolute atomic E-state index is 10.6. The van der Waals surface area contributed by atoms with Crippen LogP contribution in [0.5, 0.6) is 0 Å². The van der Waals surface area contributed by atoms with Crippen LogP contribution in [0.3, 0.4) is 0 Å². The lowest BCUT2D eigenvalue weighted by Crippen LogP contribution is -2.02. The highest BCUT2D eigenvalue weighted by atomic mass is 32.2. The molecule has 1 atom stereocenters. The molecule has 0 fully saturated rings. The molecule has 0 radical (unpaired) electrons. The van der Waals surface area contributed by atoms with Gasteiger partial charge in [-0.25, -0.2) is 4.99 Å². The molecule has 0 aliphatic carbocycles. The molecule has 0 saturated heterocycles. The van der Waals surface area contributed by atoms with Crippen LogP contribution in [0.25, 0.3) is 0 Å². The number of aliphatic imine (C=N–C) groups is 1. The Balaban J connectivity index is 2.95.